The minimum atomic E-state index is -0.683. The molecule has 0 aliphatic heterocycles. The number of ketones is 1. The predicted octanol–water partition coefficient (Wildman–Crippen LogP) is 4.15. The molecule has 1 aliphatic rings. The van der Waals surface area contributed by atoms with Crippen LogP contribution in [0.1, 0.15) is 56.1 Å². The molecule has 0 aromatic heterocycles. The maximum Gasteiger partial charge on any atom is 0.160 e. The molecule has 1 atom stereocenters. The largest absolute Gasteiger partial charge is 0.496 e. The summed E-state index contributed by atoms with van der Waals surface area (Å²) >= 11 is 0. The van der Waals surface area contributed by atoms with Crippen LogP contribution in [-0.4, -0.2) is 12.9 Å². The maximum absolute atomic E-state index is 13.0. The molecule has 0 heterocycles. The van der Waals surface area contributed by atoms with Gasteiger partial charge in [0.25, 0.3) is 0 Å². The first-order chi connectivity index (χ1) is 10.1. The Balaban J connectivity index is 2.36. The normalized spacial score (nSPS) is 18.0. The molecule has 0 spiro atoms. The average molecular weight is 285 g/mol. The first-order valence-electron chi connectivity index (χ1n) is 7.66. The molecule has 1 fully saturated rings. The van der Waals surface area contributed by atoms with Gasteiger partial charge in [0.05, 0.1) is 13.2 Å². The second kappa shape index (κ2) is 6.30. The third-order valence-electron chi connectivity index (χ3n) is 4.92. The molecule has 0 radical (unpaired) electrons. The SMILES string of the molecule is CCC1(C(=O)C(C#N)c2ccc(C)c(OC)c2)CCCC1. The molecule has 112 valence electrons. The Kier molecular flexibility index (Phi) is 4.67. The summed E-state index contributed by atoms with van der Waals surface area (Å²) in [6, 6.07) is 7.85. The lowest BCUT2D eigenvalue weighted by Gasteiger charge is -2.28. The summed E-state index contributed by atoms with van der Waals surface area (Å²) in [7, 11) is 1.61. The van der Waals surface area contributed by atoms with Crippen LogP contribution in [0.15, 0.2) is 18.2 Å². The number of nitriles is 1. The van der Waals surface area contributed by atoms with Gasteiger partial charge in [-0.05, 0) is 43.4 Å². The first-order valence-corrected chi connectivity index (χ1v) is 7.66. The Morgan fingerprint density at radius 1 is 1.43 bits per heavy atom. The topological polar surface area (TPSA) is 50.1 Å². The van der Waals surface area contributed by atoms with Gasteiger partial charge in [-0.3, -0.25) is 4.79 Å². The van der Waals surface area contributed by atoms with Gasteiger partial charge >= 0.3 is 0 Å². The van der Waals surface area contributed by atoms with Gasteiger partial charge in [-0.25, -0.2) is 0 Å². The van der Waals surface area contributed by atoms with Crippen LogP contribution < -0.4 is 4.74 Å². The van der Waals surface area contributed by atoms with Gasteiger partial charge in [0.15, 0.2) is 5.78 Å². The summed E-state index contributed by atoms with van der Waals surface area (Å²) in [6.07, 6.45) is 4.85. The number of nitrogens with zero attached hydrogens (tertiary/aromatic N) is 1. The summed E-state index contributed by atoms with van der Waals surface area (Å²) in [6.45, 7) is 4.02. The van der Waals surface area contributed by atoms with Crippen molar-refractivity contribution in [2.75, 3.05) is 7.11 Å². The quantitative estimate of drug-likeness (QED) is 0.816. The molecule has 3 heteroatoms. The minimum absolute atomic E-state index is 0.0934. The smallest absolute Gasteiger partial charge is 0.160 e. The Morgan fingerprint density at radius 3 is 2.62 bits per heavy atom. The molecular formula is C18H23NO2. The number of carbonyl (C=O) groups is 1. The number of rotatable bonds is 5. The molecule has 0 N–H and O–H groups in total. The Labute approximate surface area is 126 Å². The fraction of sp³-hybridized carbons (Fsp3) is 0.556. The van der Waals surface area contributed by atoms with Crippen LogP contribution in [0, 0.1) is 23.7 Å². The molecule has 1 aliphatic carbocycles. The molecule has 1 unspecified atom stereocenters. The Bertz CT molecular complexity index is 565. The van der Waals surface area contributed by atoms with Crippen molar-refractivity contribution >= 4 is 5.78 Å². The number of carbonyl (C=O) groups excluding carboxylic acids is 1. The molecule has 3 nitrogen and oxygen atoms in total. The van der Waals surface area contributed by atoms with Crippen LogP contribution in [0.4, 0.5) is 0 Å². The summed E-state index contributed by atoms with van der Waals surface area (Å²) < 4.78 is 5.32. The van der Waals surface area contributed by atoms with Crippen LogP contribution >= 0.6 is 0 Å². The summed E-state index contributed by atoms with van der Waals surface area (Å²) in [5, 5.41) is 9.54. The van der Waals surface area contributed by atoms with Crippen LogP contribution in [-0.2, 0) is 4.79 Å². The fourth-order valence-corrected chi connectivity index (χ4v) is 3.43. The minimum Gasteiger partial charge on any atom is -0.496 e. The average Bonchev–Trinajstić information content (AvgIpc) is 2.99. The van der Waals surface area contributed by atoms with Crippen LogP contribution in [0.25, 0.3) is 0 Å². The van der Waals surface area contributed by atoms with Gasteiger partial charge < -0.3 is 4.74 Å². The van der Waals surface area contributed by atoms with Crippen molar-refractivity contribution in [2.45, 2.75) is 51.9 Å². The first kappa shape index (κ1) is 15.6. The van der Waals surface area contributed by atoms with Gasteiger partial charge in [0.1, 0.15) is 11.7 Å². The lowest BCUT2D eigenvalue weighted by Crippen LogP contribution is -2.31. The van der Waals surface area contributed by atoms with Crippen LogP contribution in [0.5, 0.6) is 5.75 Å². The van der Waals surface area contributed by atoms with E-state index in [1.54, 1.807) is 7.11 Å². The second-order valence-electron chi connectivity index (χ2n) is 6.00. The van der Waals surface area contributed by atoms with Crippen molar-refractivity contribution < 1.29 is 9.53 Å². The van der Waals surface area contributed by atoms with Gasteiger partial charge in [0.2, 0.25) is 0 Å². The van der Waals surface area contributed by atoms with E-state index in [1.807, 2.05) is 25.1 Å². The fourth-order valence-electron chi connectivity index (χ4n) is 3.43. The van der Waals surface area contributed by atoms with E-state index in [-0.39, 0.29) is 11.2 Å². The zero-order chi connectivity index (χ0) is 15.5. The highest BCUT2D eigenvalue weighted by atomic mass is 16.5. The zero-order valence-electron chi connectivity index (χ0n) is 13.1. The number of ether oxygens (including phenoxy) is 1. The van der Waals surface area contributed by atoms with Gasteiger partial charge in [-0.15, -0.1) is 0 Å². The predicted molar refractivity (Wildman–Crippen MR) is 82.3 cm³/mol. The molecule has 0 amide bonds. The van der Waals surface area contributed by atoms with Crippen LogP contribution in [0.2, 0.25) is 0 Å². The summed E-state index contributed by atoms with van der Waals surface area (Å²) in [5.74, 6) is 0.144. The van der Waals surface area contributed by atoms with E-state index in [0.717, 1.165) is 49.0 Å². The van der Waals surface area contributed by atoms with Gasteiger partial charge in [0, 0.05) is 5.41 Å². The van der Waals surface area contributed by atoms with E-state index in [1.165, 1.54) is 0 Å². The van der Waals surface area contributed by atoms with Crippen LogP contribution in [0.3, 0.4) is 0 Å². The van der Waals surface area contributed by atoms with Crippen molar-refractivity contribution in [1.29, 1.82) is 5.26 Å². The Morgan fingerprint density at radius 2 is 2.10 bits per heavy atom. The third-order valence-corrected chi connectivity index (χ3v) is 4.92. The molecule has 0 saturated heterocycles. The number of methoxy groups -OCH3 is 1. The van der Waals surface area contributed by atoms with Crippen molar-refractivity contribution in [3.05, 3.63) is 29.3 Å². The third kappa shape index (κ3) is 2.81. The highest BCUT2D eigenvalue weighted by Crippen LogP contribution is 2.45. The molecule has 0 bridgehead atoms. The molecule has 2 rings (SSSR count). The van der Waals surface area contributed by atoms with E-state index in [2.05, 4.69) is 13.0 Å². The molecule has 21 heavy (non-hydrogen) atoms. The second-order valence-corrected chi connectivity index (χ2v) is 6.00. The van der Waals surface area contributed by atoms with Crippen molar-refractivity contribution in [3.8, 4) is 11.8 Å². The van der Waals surface area contributed by atoms with E-state index in [9.17, 15) is 10.1 Å². The lowest BCUT2D eigenvalue weighted by molar-refractivity contribution is -0.129. The zero-order valence-corrected chi connectivity index (χ0v) is 13.1. The highest BCUT2D eigenvalue weighted by Gasteiger charge is 2.43. The monoisotopic (exact) mass is 285 g/mol. The maximum atomic E-state index is 13.0. The van der Waals surface area contributed by atoms with Crippen molar-refractivity contribution in [2.24, 2.45) is 5.41 Å². The molecular weight excluding hydrogens is 262 g/mol. The number of hydrogen-bond acceptors (Lipinski definition) is 3. The van der Waals surface area contributed by atoms with Crippen molar-refractivity contribution in [3.63, 3.8) is 0 Å². The molecule has 1 saturated carbocycles. The Hall–Kier alpha value is -1.82. The number of benzene rings is 1. The number of Topliss-reactive ketones (excluding diaryl/α,β-unsaturated/α-hetero) is 1. The number of hydrogen-bond donors (Lipinski definition) is 0. The van der Waals surface area contributed by atoms with E-state index in [0.29, 0.717) is 0 Å². The highest BCUT2D eigenvalue weighted by molar-refractivity contribution is 5.93. The summed E-state index contributed by atoms with van der Waals surface area (Å²) in [4.78, 5) is 13.0. The summed E-state index contributed by atoms with van der Waals surface area (Å²) in [5.41, 5.74) is 1.47. The van der Waals surface area contributed by atoms with E-state index in [4.69, 9.17) is 4.74 Å². The van der Waals surface area contributed by atoms with Crippen molar-refractivity contribution in [1.82, 2.24) is 0 Å². The van der Waals surface area contributed by atoms with Gasteiger partial charge in [-0.2, -0.15) is 5.26 Å². The molecule has 1 aromatic rings. The van der Waals surface area contributed by atoms with Gasteiger partial charge in [-0.1, -0.05) is 31.9 Å². The van der Waals surface area contributed by atoms with E-state index >= 15 is 0 Å². The van der Waals surface area contributed by atoms with E-state index < -0.39 is 5.92 Å². The standard InChI is InChI=1S/C18H23NO2/c1-4-18(9-5-6-10-18)17(20)15(12-19)14-8-7-13(2)16(11-14)21-3/h7-8,11,15H,4-6,9-10H2,1-3H3. The number of aryl methyl sites for hydroxylation is 1. The molecule has 1 aromatic carbocycles. The lowest BCUT2D eigenvalue weighted by atomic mass is 9.73.